The maximum atomic E-state index is 12.8. The Morgan fingerprint density at radius 3 is 2.30 bits per heavy atom. The van der Waals surface area contributed by atoms with Crippen molar-refractivity contribution < 1.29 is 18.7 Å². The van der Waals surface area contributed by atoms with Crippen LogP contribution in [0.4, 0.5) is 5.69 Å². The highest BCUT2D eigenvalue weighted by Gasteiger charge is 2.27. The molecule has 8 heteroatoms. The monoisotopic (exact) mass is 370 g/mol. The molecule has 0 aromatic carbocycles. The maximum Gasteiger partial charge on any atom is 0.289 e. The van der Waals surface area contributed by atoms with Gasteiger partial charge in [0, 0.05) is 51.2 Å². The third-order valence-corrected chi connectivity index (χ3v) is 4.92. The van der Waals surface area contributed by atoms with Gasteiger partial charge in [0.05, 0.1) is 19.5 Å². The van der Waals surface area contributed by atoms with E-state index in [9.17, 15) is 9.59 Å². The summed E-state index contributed by atoms with van der Waals surface area (Å²) in [5.74, 6) is 0.0874. The van der Waals surface area contributed by atoms with Gasteiger partial charge in [-0.25, -0.2) is 0 Å². The summed E-state index contributed by atoms with van der Waals surface area (Å²) in [4.78, 5) is 35.1. The summed E-state index contributed by atoms with van der Waals surface area (Å²) in [6, 6.07) is 7.11. The van der Waals surface area contributed by atoms with Gasteiger partial charge in [0.2, 0.25) is 0 Å². The van der Waals surface area contributed by atoms with Gasteiger partial charge < -0.3 is 23.9 Å². The lowest BCUT2D eigenvalue weighted by molar-refractivity contribution is 0.0515. The number of morpholine rings is 1. The van der Waals surface area contributed by atoms with Gasteiger partial charge in [-0.2, -0.15) is 0 Å². The van der Waals surface area contributed by atoms with E-state index in [0.29, 0.717) is 50.8 Å². The van der Waals surface area contributed by atoms with Crippen molar-refractivity contribution in [2.24, 2.45) is 0 Å². The summed E-state index contributed by atoms with van der Waals surface area (Å²) in [6.45, 7) is 4.93. The van der Waals surface area contributed by atoms with E-state index in [1.54, 1.807) is 28.1 Å². The SMILES string of the molecule is O=C(c1cc(N2CCOCC2)ccn1)N1CCN(C(=O)c2ccco2)CC1. The number of nitrogens with zero attached hydrogens (tertiary/aromatic N) is 4. The van der Waals surface area contributed by atoms with Gasteiger partial charge in [0.15, 0.2) is 5.76 Å². The molecule has 2 aromatic rings. The Morgan fingerprint density at radius 1 is 0.926 bits per heavy atom. The summed E-state index contributed by atoms with van der Waals surface area (Å²) >= 11 is 0. The number of aromatic nitrogens is 1. The number of amides is 2. The number of piperazine rings is 1. The number of furan rings is 1. The van der Waals surface area contributed by atoms with Gasteiger partial charge >= 0.3 is 0 Å². The fourth-order valence-corrected chi connectivity index (χ4v) is 3.39. The van der Waals surface area contributed by atoms with Crippen LogP contribution in [0.1, 0.15) is 21.0 Å². The van der Waals surface area contributed by atoms with Gasteiger partial charge in [-0.1, -0.05) is 0 Å². The zero-order valence-corrected chi connectivity index (χ0v) is 15.0. The molecule has 4 rings (SSSR count). The standard InChI is InChI=1S/C19H22N4O4/c24-18(16-14-15(3-4-20-16)21-9-12-26-13-10-21)22-5-7-23(8-6-22)19(25)17-2-1-11-27-17/h1-4,11,14H,5-10,12-13H2. The summed E-state index contributed by atoms with van der Waals surface area (Å²) in [6.07, 6.45) is 3.16. The van der Waals surface area contributed by atoms with Crippen LogP contribution in [-0.2, 0) is 4.74 Å². The number of hydrogen-bond acceptors (Lipinski definition) is 6. The minimum absolute atomic E-state index is 0.102. The zero-order valence-electron chi connectivity index (χ0n) is 15.0. The van der Waals surface area contributed by atoms with E-state index >= 15 is 0 Å². The van der Waals surface area contributed by atoms with Crippen molar-refractivity contribution in [3.05, 3.63) is 48.2 Å². The van der Waals surface area contributed by atoms with Crippen LogP contribution in [0.3, 0.4) is 0 Å². The Hall–Kier alpha value is -2.87. The number of carbonyl (C=O) groups is 2. The highest BCUT2D eigenvalue weighted by atomic mass is 16.5. The Labute approximate surface area is 157 Å². The highest BCUT2D eigenvalue weighted by Crippen LogP contribution is 2.18. The Bertz CT molecular complexity index is 794. The van der Waals surface area contributed by atoms with Crippen molar-refractivity contribution in [1.82, 2.24) is 14.8 Å². The lowest BCUT2D eigenvalue weighted by Crippen LogP contribution is -2.50. The van der Waals surface area contributed by atoms with Crippen LogP contribution < -0.4 is 4.90 Å². The molecule has 2 aliphatic heterocycles. The fourth-order valence-electron chi connectivity index (χ4n) is 3.39. The zero-order chi connectivity index (χ0) is 18.6. The quantitative estimate of drug-likeness (QED) is 0.805. The van der Waals surface area contributed by atoms with E-state index in [1.165, 1.54) is 6.26 Å². The van der Waals surface area contributed by atoms with Crippen molar-refractivity contribution in [2.45, 2.75) is 0 Å². The summed E-state index contributed by atoms with van der Waals surface area (Å²) in [7, 11) is 0. The summed E-state index contributed by atoms with van der Waals surface area (Å²) < 4.78 is 10.5. The van der Waals surface area contributed by atoms with Crippen molar-refractivity contribution in [3.8, 4) is 0 Å². The molecule has 8 nitrogen and oxygen atoms in total. The molecular formula is C19H22N4O4. The van der Waals surface area contributed by atoms with Gasteiger partial charge in [-0.05, 0) is 24.3 Å². The molecule has 0 spiro atoms. The molecule has 2 saturated heterocycles. The van der Waals surface area contributed by atoms with Crippen LogP contribution in [0, 0.1) is 0 Å². The Kier molecular flexibility index (Phi) is 5.06. The summed E-state index contributed by atoms with van der Waals surface area (Å²) in [5, 5.41) is 0. The first-order chi connectivity index (χ1) is 13.2. The fraction of sp³-hybridized carbons (Fsp3) is 0.421. The van der Waals surface area contributed by atoms with E-state index in [4.69, 9.17) is 9.15 Å². The molecule has 2 aliphatic rings. The third kappa shape index (κ3) is 3.80. The summed E-state index contributed by atoms with van der Waals surface area (Å²) in [5.41, 5.74) is 1.42. The average molecular weight is 370 g/mol. The highest BCUT2D eigenvalue weighted by molar-refractivity contribution is 5.94. The topological polar surface area (TPSA) is 79.1 Å². The predicted molar refractivity (Wildman–Crippen MR) is 97.8 cm³/mol. The number of hydrogen-bond donors (Lipinski definition) is 0. The molecule has 2 amide bonds. The number of rotatable bonds is 3. The first kappa shape index (κ1) is 17.5. The molecule has 0 saturated carbocycles. The predicted octanol–water partition coefficient (Wildman–Crippen LogP) is 1.11. The third-order valence-electron chi connectivity index (χ3n) is 4.92. The molecule has 0 aliphatic carbocycles. The molecular weight excluding hydrogens is 348 g/mol. The molecule has 0 radical (unpaired) electrons. The van der Waals surface area contributed by atoms with Crippen LogP contribution in [0.2, 0.25) is 0 Å². The largest absolute Gasteiger partial charge is 0.459 e. The first-order valence-electron chi connectivity index (χ1n) is 9.13. The lowest BCUT2D eigenvalue weighted by atomic mass is 10.2. The average Bonchev–Trinajstić information content (AvgIpc) is 3.28. The van der Waals surface area contributed by atoms with Crippen LogP contribution in [0.25, 0.3) is 0 Å². The molecule has 142 valence electrons. The molecule has 0 unspecified atom stereocenters. The molecule has 4 heterocycles. The van der Waals surface area contributed by atoms with Crippen LogP contribution in [-0.4, -0.2) is 79.1 Å². The van der Waals surface area contributed by atoms with Crippen molar-refractivity contribution in [1.29, 1.82) is 0 Å². The minimum atomic E-state index is -0.139. The molecule has 0 atom stereocenters. The molecule has 2 fully saturated rings. The van der Waals surface area contributed by atoms with Crippen LogP contribution in [0.15, 0.2) is 41.1 Å². The molecule has 2 aromatic heterocycles. The number of pyridine rings is 1. The minimum Gasteiger partial charge on any atom is -0.459 e. The van der Waals surface area contributed by atoms with Crippen LogP contribution in [0.5, 0.6) is 0 Å². The van der Waals surface area contributed by atoms with Gasteiger partial charge in [0.1, 0.15) is 5.69 Å². The second-order valence-corrected chi connectivity index (χ2v) is 6.56. The van der Waals surface area contributed by atoms with E-state index in [1.807, 2.05) is 12.1 Å². The van der Waals surface area contributed by atoms with E-state index in [2.05, 4.69) is 9.88 Å². The second-order valence-electron chi connectivity index (χ2n) is 6.56. The van der Waals surface area contributed by atoms with Gasteiger partial charge in [-0.3, -0.25) is 14.6 Å². The molecule has 0 bridgehead atoms. The molecule has 0 N–H and O–H groups in total. The van der Waals surface area contributed by atoms with E-state index in [-0.39, 0.29) is 11.8 Å². The Balaban J connectivity index is 1.38. The van der Waals surface area contributed by atoms with Crippen molar-refractivity contribution in [2.75, 3.05) is 57.4 Å². The second kappa shape index (κ2) is 7.79. The first-order valence-corrected chi connectivity index (χ1v) is 9.13. The van der Waals surface area contributed by atoms with Crippen molar-refractivity contribution in [3.63, 3.8) is 0 Å². The van der Waals surface area contributed by atoms with E-state index < -0.39 is 0 Å². The number of carbonyl (C=O) groups excluding carboxylic acids is 2. The lowest BCUT2D eigenvalue weighted by Gasteiger charge is -2.34. The van der Waals surface area contributed by atoms with Gasteiger partial charge in [0.25, 0.3) is 11.8 Å². The maximum absolute atomic E-state index is 12.8. The number of anilines is 1. The van der Waals surface area contributed by atoms with Crippen molar-refractivity contribution >= 4 is 17.5 Å². The van der Waals surface area contributed by atoms with E-state index in [0.717, 1.165) is 18.8 Å². The smallest absolute Gasteiger partial charge is 0.289 e. The van der Waals surface area contributed by atoms with Gasteiger partial charge in [-0.15, -0.1) is 0 Å². The number of ether oxygens (including phenoxy) is 1. The van der Waals surface area contributed by atoms with Crippen LogP contribution >= 0.6 is 0 Å². The normalized spacial score (nSPS) is 17.9. The Morgan fingerprint density at radius 2 is 1.63 bits per heavy atom. The molecule has 27 heavy (non-hydrogen) atoms.